The smallest absolute Gasteiger partial charge is 0.379 e. The van der Waals surface area contributed by atoms with Crippen LogP contribution in [0.4, 0.5) is 0 Å². The van der Waals surface area contributed by atoms with Gasteiger partial charge in [-0.2, -0.15) is 0 Å². The summed E-state index contributed by atoms with van der Waals surface area (Å²) in [5.41, 5.74) is 10.9. The highest BCUT2D eigenvalue weighted by atomic mass is 28.3. The van der Waals surface area contributed by atoms with E-state index in [4.69, 9.17) is 24.7 Å². The maximum Gasteiger partial charge on any atom is 0.483 e. The molecule has 0 spiro atoms. The van der Waals surface area contributed by atoms with Gasteiger partial charge >= 0.3 is 9.53 Å². The third-order valence-corrected chi connectivity index (χ3v) is 3.49. The van der Waals surface area contributed by atoms with Gasteiger partial charge in [-0.05, 0) is 31.7 Å². The highest BCUT2D eigenvalue weighted by Crippen LogP contribution is 2.31. The van der Waals surface area contributed by atoms with Crippen LogP contribution in [0.15, 0.2) is 0 Å². The molecule has 6 heteroatoms. The molecule has 5 nitrogen and oxygen atoms in total. The van der Waals surface area contributed by atoms with Gasteiger partial charge in [-0.25, -0.2) is 0 Å². The minimum absolute atomic E-state index is 0.515. The normalized spacial score (nSPS) is 23.6. The first-order valence-corrected chi connectivity index (χ1v) is 6.65. The Morgan fingerprint density at radius 2 is 1.67 bits per heavy atom. The van der Waals surface area contributed by atoms with Crippen LogP contribution in [0.1, 0.15) is 19.3 Å². The zero-order valence-electron chi connectivity index (χ0n) is 9.94. The molecule has 1 fully saturated rings. The maximum atomic E-state index is 5.57. The van der Waals surface area contributed by atoms with E-state index in [-0.39, 0.29) is 0 Å². The van der Waals surface area contributed by atoms with Gasteiger partial charge < -0.3 is 24.7 Å². The Hall–Kier alpha value is 0.0169. The maximum absolute atomic E-state index is 5.57. The van der Waals surface area contributed by atoms with Crippen LogP contribution in [0, 0.1) is 5.92 Å². The summed E-state index contributed by atoms with van der Waals surface area (Å²) in [5.74, 6) is 0.818. The number of nitrogens with two attached hydrogens (primary N) is 2. The highest BCUT2D eigenvalue weighted by Gasteiger charge is 2.31. The minimum atomic E-state index is -1.67. The predicted molar refractivity (Wildman–Crippen MR) is 62.5 cm³/mol. The van der Waals surface area contributed by atoms with E-state index in [1.807, 2.05) is 0 Å². The average Bonchev–Trinajstić information content (AvgIpc) is 2.95. The number of rotatable bonds is 6. The van der Waals surface area contributed by atoms with Crippen LogP contribution in [0.25, 0.3) is 0 Å². The Labute approximate surface area is 94.0 Å². The molecule has 4 N–H and O–H groups in total. The van der Waals surface area contributed by atoms with Crippen molar-refractivity contribution >= 4 is 9.53 Å². The van der Waals surface area contributed by atoms with Gasteiger partial charge in [0.15, 0.2) is 0 Å². The Morgan fingerprint density at radius 1 is 1.20 bits per heavy atom. The lowest BCUT2D eigenvalue weighted by Crippen LogP contribution is -2.21. The van der Waals surface area contributed by atoms with Crippen molar-refractivity contribution in [2.45, 2.75) is 25.3 Å². The van der Waals surface area contributed by atoms with Crippen LogP contribution < -0.4 is 11.5 Å². The Morgan fingerprint density at radius 3 is 1.87 bits per heavy atom. The van der Waals surface area contributed by atoms with Crippen LogP contribution in [0.3, 0.4) is 0 Å². The zero-order chi connectivity index (χ0) is 11.7. The van der Waals surface area contributed by atoms with E-state index >= 15 is 0 Å². The van der Waals surface area contributed by atoms with Gasteiger partial charge in [-0.3, -0.25) is 0 Å². The van der Waals surface area contributed by atoms with Crippen molar-refractivity contribution in [1.82, 2.24) is 0 Å². The fourth-order valence-electron chi connectivity index (χ4n) is 1.27. The van der Waals surface area contributed by atoms with Crippen molar-refractivity contribution in [3.63, 3.8) is 0 Å². The quantitative estimate of drug-likeness (QED) is 0.620. The third-order valence-electron chi connectivity index (χ3n) is 2.33. The van der Waals surface area contributed by atoms with Crippen molar-refractivity contribution in [2.75, 3.05) is 27.9 Å². The van der Waals surface area contributed by atoms with Crippen molar-refractivity contribution in [3.05, 3.63) is 0 Å². The molecule has 2 atom stereocenters. The lowest BCUT2D eigenvalue weighted by Gasteiger charge is -2.05. The summed E-state index contributed by atoms with van der Waals surface area (Å²) in [7, 11) is 3.05. The summed E-state index contributed by atoms with van der Waals surface area (Å²) in [6, 6.07) is 0.515. The van der Waals surface area contributed by atoms with Crippen LogP contribution in [0.5, 0.6) is 0 Å². The second-order valence-corrected chi connectivity index (χ2v) is 5.58. The molecule has 0 heterocycles. The van der Waals surface area contributed by atoms with Gasteiger partial charge in [0.05, 0.1) is 0 Å². The number of hydrogen-bond donors (Lipinski definition) is 2. The highest BCUT2D eigenvalue weighted by molar-refractivity contribution is 6.36. The van der Waals surface area contributed by atoms with Crippen molar-refractivity contribution < 1.29 is 13.3 Å². The largest absolute Gasteiger partial charge is 0.483 e. The zero-order valence-corrected chi connectivity index (χ0v) is 11.1. The van der Waals surface area contributed by atoms with Gasteiger partial charge in [0.25, 0.3) is 0 Å². The molecular weight excluding hydrogens is 212 g/mol. The van der Waals surface area contributed by atoms with Crippen LogP contribution in [-0.2, 0) is 13.3 Å². The minimum Gasteiger partial charge on any atom is -0.379 e. The van der Waals surface area contributed by atoms with E-state index in [0.29, 0.717) is 6.04 Å². The second kappa shape index (κ2) is 9.26. The first-order chi connectivity index (χ1) is 7.19. The molecule has 92 valence electrons. The summed E-state index contributed by atoms with van der Waals surface area (Å²) < 4.78 is 14.2. The lowest BCUT2D eigenvalue weighted by atomic mass is 10.2. The van der Waals surface area contributed by atoms with Gasteiger partial charge in [0.2, 0.25) is 0 Å². The molecule has 0 amide bonds. The van der Waals surface area contributed by atoms with E-state index in [9.17, 15) is 0 Å². The monoisotopic (exact) mass is 236 g/mol. The van der Waals surface area contributed by atoms with Gasteiger partial charge in [0, 0.05) is 27.4 Å². The van der Waals surface area contributed by atoms with Gasteiger partial charge in [0.1, 0.15) is 0 Å². The van der Waals surface area contributed by atoms with Crippen molar-refractivity contribution in [2.24, 2.45) is 17.4 Å². The van der Waals surface area contributed by atoms with E-state index in [0.717, 1.165) is 18.9 Å². The first-order valence-electron chi connectivity index (χ1n) is 5.23. The van der Waals surface area contributed by atoms with E-state index < -0.39 is 9.53 Å². The van der Waals surface area contributed by atoms with Crippen molar-refractivity contribution in [1.29, 1.82) is 0 Å². The van der Waals surface area contributed by atoms with Crippen LogP contribution >= 0.6 is 0 Å². The van der Waals surface area contributed by atoms with E-state index in [1.54, 1.807) is 21.3 Å². The Balaban J connectivity index is 0.000000265. The van der Waals surface area contributed by atoms with Gasteiger partial charge in [-0.15, -0.1) is 0 Å². The Kier molecular flexibility index (Phi) is 9.27. The molecule has 0 saturated heterocycles. The molecule has 2 unspecified atom stereocenters. The molecule has 0 aromatic carbocycles. The van der Waals surface area contributed by atoms with Crippen molar-refractivity contribution in [3.8, 4) is 0 Å². The lowest BCUT2D eigenvalue weighted by molar-refractivity contribution is 0.163. The van der Waals surface area contributed by atoms with E-state index in [1.165, 1.54) is 12.8 Å². The predicted octanol–water partition coefficient (Wildman–Crippen LogP) is -0.285. The molecule has 15 heavy (non-hydrogen) atoms. The molecule has 1 saturated carbocycles. The molecule has 0 aliphatic heterocycles. The van der Waals surface area contributed by atoms with Crippen LogP contribution in [0.2, 0.25) is 0 Å². The summed E-state index contributed by atoms with van der Waals surface area (Å²) in [6.07, 6.45) is 3.63. The third kappa shape index (κ3) is 7.89. The Bertz CT molecular complexity index is 142. The molecular formula is C9H24N2O3Si. The topological polar surface area (TPSA) is 79.7 Å². The van der Waals surface area contributed by atoms with Crippen LogP contribution in [-0.4, -0.2) is 43.4 Å². The SMILES string of the molecule is CO[SiH](OC)OC.NCCCC1CC1N. The molecule has 0 aromatic heterocycles. The second-order valence-electron chi connectivity index (χ2n) is 3.59. The fraction of sp³-hybridized carbons (Fsp3) is 1.00. The standard InChI is InChI=1S/C6H14N2.C3H10O3Si/c7-3-1-2-5-4-6(5)8;1-4-7(5-2)6-3/h5-6H,1-4,7-8H2;7H,1-3H3. The first kappa shape index (κ1) is 15.0. The summed E-state index contributed by atoms with van der Waals surface area (Å²) in [5, 5.41) is 0. The molecule has 1 aliphatic rings. The summed E-state index contributed by atoms with van der Waals surface area (Å²) >= 11 is 0. The van der Waals surface area contributed by atoms with E-state index in [2.05, 4.69) is 0 Å². The molecule has 0 radical (unpaired) electrons. The summed E-state index contributed by atoms with van der Waals surface area (Å²) in [6.45, 7) is 0.823. The number of hydrogen-bond acceptors (Lipinski definition) is 5. The molecule has 1 rings (SSSR count). The van der Waals surface area contributed by atoms with Gasteiger partial charge in [-0.1, -0.05) is 0 Å². The molecule has 1 aliphatic carbocycles. The summed E-state index contributed by atoms with van der Waals surface area (Å²) in [4.78, 5) is 0. The molecule has 0 bridgehead atoms. The fourth-order valence-corrected chi connectivity index (χ4v) is 1.85. The average molecular weight is 236 g/mol. The molecule has 0 aromatic rings.